The van der Waals surface area contributed by atoms with Crippen LogP contribution in [0.3, 0.4) is 0 Å². The van der Waals surface area contributed by atoms with Crippen LogP contribution < -0.4 is 4.90 Å². The maximum Gasteiger partial charge on any atom is 0.137 e. The van der Waals surface area contributed by atoms with E-state index >= 15 is 0 Å². The van der Waals surface area contributed by atoms with Crippen molar-refractivity contribution in [3.05, 3.63) is 188 Å². The summed E-state index contributed by atoms with van der Waals surface area (Å²) in [6.45, 7) is 0. The fraction of sp³-hybridized carbons (Fsp3) is 0. The van der Waals surface area contributed by atoms with Gasteiger partial charge in [0, 0.05) is 27.5 Å². The Hall–Kier alpha value is -6.84. The standard InChI is InChI=1S/C48H31NO2/c1-2-10-32(11-3-1)35-12-8-13-36(30-35)33-20-25-38(26-21-33)49(43-16-9-19-47-48(43)41-15-5-7-18-45(41)51-47)39-27-22-34(23-28-39)37-24-29-46-42(31-37)40-14-4-6-17-44(40)50-46/h1-31H. The first-order valence-electron chi connectivity index (χ1n) is 17.2. The molecule has 0 aliphatic carbocycles. The second-order valence-corrected chi connectivity index (χ2v) is 12.9. The first kappa shape index (κ1) is 29.1. The molecule has 0 bridgehead atoms. The van der Waals surface area contributed by atoms with Crippen molar-refractivity contribution in [2.75, 3.05) is 4.90 Å². The van der Waals surface area contributed by atoms with Crippen LogP contribution in [0.15, 0.2) is 197 Å². The predicted octanol–water partition coefficient (Wildman–Crippen LogP) is 14.0. The minimum atomic E-state index is 0.866. The summed E-state index contributed by atoms with van der Waals surface area (Å²) in [5, 5.41) is 4.45. The molecule has 0 aliphatic rings. The van der Waals surface area contributed by atoms with Crippen molar-refractivity contribution in [3.63, 3.8) is 0 Å². The first-order chi connectivity index (χ1) is 25.3. The normalized spacial score (nSPS) is 11.5. The third kappa shape index (κ3) is 5.06. The van der Waals surface area contributed by atoms with Crippen molar-refractivity contribution < 1.29 is 8.83 Å². The van der Waals surface area contributed by atoms with E-state index in [2.05, 4.69) is 169 Å². The summed E-state index contributed by atoms with van der Waals surface area (Å²) >= 11 is 0. The number of furan rings is 2. The molecule has 0 fully saturated rings. The van der Waals surface area contributed by atoms with Gasteiger partial charge in [0.25, 0.3) is 0 Å². The SMILES string of the molecule is c1ccc(-c2cccc(-c3ccc(N(c4ccc(-c5ccc6oc7ccccc7c6c5)cc4)c4cccc5oc6ccccc6c45)cc3)c2)cc1. The summed E-state index contributed by atoms with van der Waals surface area (Å²) in [6.07, 6.45) is 0. The minimum absolute atomic E-state index is 0.866. The Morgan fingerprint density at radius 1 is 0.294 bits per heavy atom. The van der Waals surface area contributed by atoms with E-state index in [0.29, 0.717) is 0 Å². The van der Waals surface area contributed by atoms with Crippen molar-refractivity contribution in [3.8, 4) is 33.4 Å². The molecule has 0 N–H and O–H groups in total. The molecule has 0 spiro atoms. The summed E-state index contributed by atoms with van der Waals surface area (Å²) < 4.78 is 12.4. The Morgan fingerprint density at radius 2 is 0.765 bits per heavy atom. The van der Waals surface area contributed by atoms with Crippen LogP contribution in [0.2, 0.25) is 0 Å². The van der Waals surface area contributed by atoms with Gasteiger partial charge >= 0.3 is 0 Å². The summed E-state index contributed by atoms with van der Waals surface area (Å²) in [7, 11) is 0. The smallest absolute Gasteiger partial charge is 0.137 e. The van der Waals surface area contributed by atoms with Crippen molar-refractivity contribution in [2.24, 2.45) is 0 Å². The lowest BCUT2D eigenvalue weighted by Gasteiger charge is -2.26. The monoisotopic (exact) mass is 653 g/mol. The molecule has 2 heterocycles. The highest BCUT2D eigenvalue weighted by molar-refractivity contribution is 6.13. The van der Waals surface area contributed by atoms with Crippen LogP contribution in [0.4, 0.5) is 17.1 Å². The van der Waals surface area contributed by atoms with Gasteiger partial charge < -0.3 is 13.7 Å². The van der Waals surface area contributed by atoms with Gasteiger partial charge in [-0.1, -0.05) is 121 Å². The first-order valence-corrected chi connectivity index (χ1v) is 17.2. The van der Waals surface area contributed by atoms with Crippen LogP contribution >= 0.6 is 0 Å². The molecule has 0 radical (unpaired) electrons. The van der Waals surface area contributed by atoms with E-state index in [4.69, 9.17) is 8.83 Å². The lowest BCUT2D eigenvalue weighted by atomic mass is 9.98. The number of hydrogen-bond donors (Lipinski definition) is 0. The summed E-state index contributed by atoms with van der Waals surface area (Å²) in [4.78, 5) is 2.34. The van der Waals surface area contributed by atoms with Crippen LogP contribution in [-0.2, 0) is 0 Å². The number of nitrogens with zero attached hydrogens (tertiary/aromatic N) is 1. The van der Waals surface area contributed by atoms with E-state index in [0.717, 1.165) is 72.1 Å². The molecular formula is C48H31NO2. The van der Waals surface area contributed by atoms with E-state index < -0.39 is 0 Å². The van der Waals surface area contributed by atoms with Crippen LogP contribution in [0.1, 0.15) is 0 Å². The number of hydrogen-bond acceptors (Lipinski definition) is 3. The second-order valence-electron chi connectivity index (χ2n) is 12.9. The van der Waals surface area contributed by atoms with Gasteiger partial charge in [-0.15, -0.1) is 0 Å². The molecule has 10 rings (SSSR count). The Labute approximate surface area is 295 Å². The predicted molar refractivity (Wildman–Crippen MR) is 212 cm³/mol. The number of benzene rings is 8. The lowest BCUT2D eigenvalue weighted by Crippen LogP contribution is -2.10. The van der Waals surface area contributed by atoms with E-state index in [-0.39, 0.29) is 0 Å². The van der Waals surface area contributed by atoms with Crippen LogP contribution in [0.5, 0.6) is 0 Å². The van der Waals surface area contributed by atoms with Gasteiger partial charge in [0.05, 0.1) is 11.1 Å². The number of fused-ring (bicyclic) bond motifs is 6. The zero-order valence-corrected chi connectivity index (χ0v) is 27.7. The van der Waals surface area contributed by atoms with Gasteiger partial charge in [-0.2, -0.15) is 0 Å². The van der Waals surface area contributed by atoms with E-state index in [9.17, 15) is 0 Å². The highest BCUT2D eigenvalue weighted by atomic mass is 16.3. The number of para-hydroxylation sites is 2. The molecule has 0 saturated carbocycles. The molecule has 240 valence electrons. The van der Waals surface area contributed by atoms with E-state index in [1.165, 1.54) is 22.3 Å². The Kier molecular flexibility index (Phi) is 6.81. The Bertz CT molecular complexity index is 2840. The van der Waals surface area contributed by atoms with Crippen molar-refractivity contribution in [1.82, 2.24) is 0 Å². The summed E-state index contributed by atoms with van der Waals surface area (Å²) in [5.74, 6) is 0. The second kappa shape index (κ2) is 11.9. The third-order valence-electron chi connectivity index (χ3n) is 9.89. The van der Waals surface area contributed by atoms with Gasteiger partial charge in [0.1, 0.15) is 22.3 Å². The lowest BCUT2D eigenvalue weighted by molar-refractivity contribution is 0.668. The molecule has 3 nitrogen and oxygen atoms in total. The summed E-state index contributed by atoms with van der Waals surface area (Å²) in [6, 6.07) is 66.3. The molecular weight excluding hydrogens is 623 g/mol. The van der Waals surface area contributed by atoms with Gasteiger partial charge in [-0.3, -0.25) is 0 Å². The molecule has 0 aliphatic heterocycles. The van der Waals surface area contributed by atoms with Crippen LogP contribution in [0.25, 0.3) is 77.3 Å². The molecule has 51 heavy (non-hydrogen) atoms. The quantitative estimate of drug-likeness (QED) is 0.179. The van der Waals surface area contributed by atoms with Gasteiger partial charge in [0.15, 0.2) is 0 Å². The van der Waals surface area contributed by atoms with Crippen LogP contribution in [-0.4, -0.2) is 0 Å². The molecule has 10 aromatic rings. The van der Waals surface area contributed by atoms with Crippen LogP contribution in [0, 0.1) is 0 Å². The molecule has 8 aromatic carbocycles. The fourth-order valence-electron chi connectivity index (χ4n) is 7.39. The molecule has 2 aromatic heterocycles. The molecule has 0 saturated heterocycles. The van der Waals surface area contributed by atoms with Crippen molar-refractivity contribution in [1.29, 1.82) is 0 Å². The van der Waals surface area contributed by atoms with Gasteiger partial charge in [-0.25, -0.2) is 0 Å². The van der Waals surface area contributed by atoms with Crippen molar-refractivity contribution in [2.45, 2.75) is 0 Å². The van der Waals surface area contributed by atoms with E-state index in [1.807, 2.05) is 24.3 Å². The molecule has 0 atom stereocenters. The highest BCUT2D eigenvalue weighted by Gasteiger charge is 2.20. The average molecular weight is 654 g/mol. The third-order valence-corrected chi connectivity index (χ3v) is 9.89. The van der Waals surface area contributed by atoms with Crippen molar-refractivity contribution >= 4 is 60.9 Å². The molecule has 3 heteroatoms. The van der Waals surface area contributed by atoms with Gasteiger partial charge in [0.2, 0.25) is 0 Å². The largest absolute Gasteiger partial charge is 0.456 e. The Morgan fingerprint density at radius 3 is 1.47 bits per heavy atom. The number of anilines is 3. The summed E-state index contributed by atoms with van der Waals surface area (Å²) in [5.41, 5.74) is 13.8. The minimum Gasteiger partial charge on any atom is -0.456 e. The topological polar surface area (TPSA) is 29.5 Å². The Balaban J connectivity index is 1.08. The maximum atomic E-state index is 6.34. The zero-order valence-electron chi connectivity index (χ0n) is 27.7. The van der Waals surface area contributed by atoms with E-state index in [1.54, 1.807) is 0 Å². The average Bonchev–Trinajstić information content (AvgIpc) is 3.78. The maximum absolute atomic E-state index is 6.34. The fourth-order valence-corrected chi connectivity index (χ4v) is 7.39. The highest BCUT2D eigenvalue weighted by Crippen LogP contribution is 2.44. The number of rotatable bonds is 6. The molecule has 0 unspecified atom stereocenters. The molecule has 0 amide bonds. The zero-order chi connectivity index (χ0) is 33.7. The van der Waals surface area contributed by atoms with Gasteiger partial charge in [-0.05, 0) is 100 Å².